The summed E-state index contributed by atoms with van der Waals surface area (Å²) in [6.45, 7) is 0. The Kier molecular flexibility index (Phi) is 7.40. The van der Waals surface area contributed by atoms with Crippen molar-refractivity contribution >= 4 is 68.4 Å². The minimum Gasteiger partial charge on any atom is -0.364 e. The molecule has 6 aliphatic rings. The van der Waals surface area contributed by atoms with E-state index in [1.807, 2.05) is 42.5 Å². The number of carbonyl (C=O) groups is 2. The minimum atomic E-state index is -0.392. The molecule has 0 radical (unpaired) electrons. The molecule has 12 rings (SSSR count). The number of anilines is 4. The summed E-state index contributed by atoms with van der Waals surface area (Å²) >= 11 is 6.74. The molecule has 2 aromatic heterocycles. The number of para-hydroxylation sites is 2. The summed E-state index contributed by atoms with van der Waals surface area (Å²) < 4.78 is 11.4. The number of aromatic nitrogens is 2. The molecule has 4 fully saturated rings. The van der Waals surface area contributed by atoms with Crippen LogP contribution in [0.1, 0.15) is 88.2 Å². The predicted molar refractivity (Wildman–Crippen MR) is 215 cm³/mol. The normalized spacial score (nSPS) is 20.1. The molecule has 4 saturated carbocycles. The summed E-state index contributed by atoms with van der Waals surface area (Å²) in [5.74, 6) is 1.89. The fraction of sp³-hybridized carbons (Fsp3) is 0.364. The molecule has 0 unspecified atom stereocenters. The Morgan fingerprint density at radius 2 is 1.15 bits per heavy atom. The highest BCUT2D eigenvalue weighted by atomic mass is 35.5. The second kappa shape index (κ2) is 12.3. The molecule has 0 saturated heterocycles. The number of rotatable bonds is 6. The summed E-state index contributed by atoms with van der Waals surface area (Å²) in [6, 6.07) is 23.5. The Hall–Kier alpha value is -5.35. The Bertz CT molecular complexity index is 2550. The van der Waals surface area contributed by atoms with Crippen LogP contribution in [0.25, 0.3) is 44.2 Å². The van der Waals surface area contributed by atoms with Crippen molar-refractivity contribution in [2.75, 3.05) is 21.3 Å². The summed E-state index contributed by atoms with van der Waals surface area (Å²) in [5.41, 5.74) is 8.65. The van der Waals surface area contributed by atoms with Gasteiger partial charge in [-0.05, 0) is 98.4 Å². The molecule has 0 atom stereocenters. The Morgan fingerprint density at radius 3 is 1.73 bits per heavy atom. The Morgan fingerprint density at radius 1 is 0.618 bits per heavy atom. The highest BCUT2D eigenvalue weighted by Crippen LogP contribution is 2.52. The number of benzene rings is 4. The van der Waals surface area contributed by atoms with E-state index in [9.17, 15) is 9.59 Å². The lowest BCUT2D eigenvalue weighted by Crippen LogP contribution is -2.30. The van der Waals surface area contributed by atoms with Gasteiger partial charge in [-0.25, -0.2) is 0 Å². The number of halogens is 1. The van der Waals surface area contributed by atoms with Crippen molar-refractivity contribution in [2.45, 2.75) is 100.0 Å². The van der Waals surface area contributed by atoms with Crippen LogP contribution < -0.4 is 21.3 Å². The molecule has 2 spiro atoms. The Labute approximate surface area is 322 Å². The molecule has 0 bridgehead atoms. The van der Waals surface area contributed by atoms with Crippen LogP contribution in [-0.2, 0) is 20.4 Å². The van der Waals surface area contributed by atoms with Gasteiger partial charge in [0.15, 0.2) is 22.8 Å². The van der Waals surface area contributed by atoms with Crippen LogP contribution in [0.3, 0.4) is 0 Å². The molecule has 55 heavy (non-hydrogen) atoms. The average molecular weight is 753 g/mol. The van der Waals surface area contributed by atoms with Crippen molar-refractivity contribution in [2.24, 2.45) is 0 Å². The zero-order valence-electron chi connectivity index (χ0n) is 30.4. The average Bonchev–Trinajstić information content (AvgIpc) is 3.78. The number of hydrogen-bond donors (Lipinski definition) is 4. The van der Waals surface area contributed by atoms with E-state index in [4.69, 9.17) is 20.6 Å². The molecule has 278 valence electrons. The Balaban J connectivity index is 0.000000128. The zero-order chi connectivity index (χ0) is 36.9. The van der Waals surface area contributed by atoms with E-state index in [0.29, 0.717) is 22.7 Å². The van der Waals surface area contributed by atoms with Crippen molar-refractivity contribution < 1.29 is 18.6 Å². The lowest BCUT2D eigenvalue weighted by atomic mass is 9.79. The minimum absolute atomic E-state index is 0.113. The van der Waals surface area contributed by atoms with Gasteiger partial charge >= 0.3 is 0 Å². The fourth-order valence-corrected chi connectivity index (χ4v) is 9.87. The maximum absolute atomic E-state index is 12.7. The first-order valence-electron chi connectivity index (χ1n) is 19.8. The largest absolute Gasteiger partial charge is 0.364 e. The van der Waals surface area contributed by atoms with Crippen LogP contribution in [0.4, 0.5) is 23.0 Å². The number of amides is 2. The van der Waals surface area contributed by atoms with E-state index in [0.717, 1.165) is 124 Å². The molecule has 6 aromatic rings. The standard InChI is InChI=1S/C22H20ClN3O2.C22H21N3O2/c23-17-11-16-18(25-21(27)22(16)8-1-2-9-22)10-15(17)13-4-3-5-14-19(13)28-26-20(14)24-12-6-7-12;26-21-22(10-1-2-11-22)17-9-6-13(12-18(17)24-21)15-4-3-5-16-19(15)27-25-20(16)23-14-7-8-14/h3-5,10-12H,1-2,6-9H2,(H,24,26)(H,25,27);3-6,9,12,14H,1-2,7-8,10-11H2,(H,23,25)(H,24,26). The van der Waals surface area contributed by atoms with Crippen molar-refractivity contribution in [3.05, 3.63) is 82.9 Å². The quantitative estimate of drug-likeness (QED) is 0.132. The smallest absolute Gasteiger partial charge is 0.235 e. The topological polar surface area (TPSA) is 134 Å². The van der Waals surface area contributed by atoms with Gasteiger partial charge in [0.2, 0.25) is 11.8 Å². The van der Waals surface area contributed by atoms with Crippen LogP contribution in [0.2, 0.25) is 5.02 Å². The molecule has 11 heteroatoms. The number of hydrogen-bond acceptors (Lipinski definition) is 8. The third kappa shape index (κ3) is 5.28. The van der Waals surface area contributed by atoms with Gasteiger partial charge in [0.05, 0.1) is 21.6 Å². The number of nitrogens with one attached hydrogen (secondary N) is 4. The SMILES string of the molecule is O=C1Nc2cc(-c3cccc4c(NC5CC5)noc34)c(Cl)cc2C12CCCC2.O=C1Nc2cc(-c3cccc4c(NC5CC5)noc34)ccc2C12CCCC2. The highest BCUT2D eigenvalue weighted by molar-refractivity contribution is 6.34. The number of fused-ring (bicyclic) bond motifs is 6. The number of carbonyl (C=O) groups excluding carboxylic acids is 2. The van der Waals surface area contributed by atoms with Crippen LogP contribution in [-0.4, -0.2) is 34.2 Å². The molecule has 4 heterocycles. The van der Waals surface area contributed by atoms with Gasteiger partial charge in [-0.3, -0.25) is 9.59 Å². The third-order valence-corrected chi connectivity index (χ3v) is 13.2. The molecule has 2 aliphatic heterocycles. The maximum atomic E-state index is 12.7. The third-order valence-electron chi connectivity index (χ3n) is 12.9. The van der Waals surface area contributed by atoms with E-state index in [1.165, 1.54) is 25.7 Å². The van der Waals surface area contributed by atoms with E-state index in [-0.39, 0.29) is 17.2 Å². The summed E-state index contributed by atoms with van der Waals surface area (Å²) in [4.78, 5) is 25.4. The molecule has 4 aromatic carbocycles. The van der Waals surface area contributed by atoms with E-state index in [1.54, 1.807) is 0 Å². The first-order chi connectivity index (χ1) is 26.9. The van der Waals surface area contributed by atoms with Gasteiger partial charge < -0.3 is 30.3 Å². The van der Waals surface area contributed by atoms with Crippen LogP contribution in [0, 0.1) is 0 Å². The van der Waals surface area contributed by atoms with E-state index in [2.05, 4.69) is 55.8 Å². The van der Waals surface area contributed by atoms with Gasteiger partial charge in [-0.15, -0.1) is 0 Å². The van der Waals surface area contributed by atoms with Crippen molar-refractivity contribution in [1.29, 1.82) is 0 Å². The summed E-state index contributed by atoms with van der Waals surface area (Å²) in [7, 11) is 0. The molecular formula is C44H41ClN6O4. The summed E-state index contributed by atoms with van der Waals surface area (Å²) in [6.07, 6.45) is 12.9. The first kappa shape index (κ1) is 33.0. The van der Waals surface area contributed by atoms with E-state index < -0.39 is 5.41 Å². The van der Waals surface area contributed by atoms with Gasteiger partial charge in [0, 0.05) is 45.2 Å². The fourth-order valence-electron chi connectivity index (χ4n) is 9.60. The van der Waals surface area contributed by atoms with Crippen molar-refractivity contribution in [1.82, 2.24) is 10.3 Å². The van der Waals surface area contributed by atoms with Gasteiger partial charge in [0.1, 0.15) is 0 Å². The van der Waals surface area contributed by atoms with Gasteiger partial charge in [0.25, 0.3) is 0 Å². The van der Waals surface area contributed by atoms with Gasteiger partial charge in [-0.1, -0.05) is 84.0 Å². The van der Waals surface area contributed by atoms with Crippen LogP contribution in [0.5, 0.6) is 0 Å². The van der Waals surface area contributed by atoms with Crippen LogP contribution in [0.15, 0.2) is 75.8 Å². The highest BCUT2D eigenvalue weighted by Gasteiger charge is 2.49. The molecular weight excluding hydrogens is 712 g/mol. The molecule has 2 amide bonds. The van der Waals surface area contributed by atoms with Crippen molar-refractivity contribution in [3.8, 4) is 22.3 Å². The molecule has 4 aliphatic carbocycles. The second-order valence-electron chi connectivity index (χ2n) is 16.4. The summed E-state index contributed by atoms with van der Waals surface area (Å²) in [5, 5.41) is 24.2. The predicted octanol–water partition coefficient (Wildman–Crippen LogP) is 10.3. The maximum Gasteiger partial charge on any atom is 0.235 e. The van der Waals surface area contributed by atoms with Gasteiger partial charge in [-0.2, -0.15) is 0 Å². The monoisotopic (exact) mass is 752 g/mol. The van der Waals surface area contributed by atoms with E-state index >= 15 is 0 Å². The van der Waals surface area contributed by atoms with Crippen LogP contribution >= 0.6 is 11.6 Å². The first-order valence-corrected chi connectivity index (χ1v) is 20.2. The number of nitrogens with zero attached hydrogens (tertiary/aromatic N) is 2. The zero-order valence-corrected chi connectivity index (χ0v) is 31.2. The lowest BCUT2D eigenvalue weighted by Gasteiger charge is -2.21. The molecule has 4 N–H and O–H groups in total. The van der Waals surface area contributed by atoms with Crippen molar-refractivity contribution in [3.63, 3.8) is 0 Å². The lowest BCUT2D eigenvalue weighted by molar-refractivity contribution is -0.121. The molecule has 10 nitrogen and oxygen atoms in total. The second-order valence-corrected chi connectivity index (χ2v) is 16.8.